The second-order valence-electron chi connectivity index (χ2n) is 3.99. The number of para-hydroxylation sites is 1. The minimum atomic E-state index is -0.861. The van der Waals surface area contributed by atoms with Crippen LogP contribution in [0.5, 0.6) is 5.75 Å². The maximum Gasteiger partial charge on any atom is 0.513 e. The first-order valence-corrected chi connectivity index (χ1v) is 7.67. The van der Waals surface area contributed by atoms with Crippen LogP contribution in [0.25, 0.3) is 0 Å². The second kappa shape index (κ2) is 11.0. The lowest BCUT2D eigenvalue weighted by atomic mass is 10.3. The molecule has 0 aliphatic heterocycles. The molecule has 0 fully saturated rings. The SMILES string of the molecule is O=C(OCCOC(=O)N(CCCl)CCCl)Oc1ccccc1. The van der Waals surface area contributed by atoms with E-state index in [1.54, 1.807) is 30.3 Å². The number of amides is 1. The van der Waals surface area contributed by atoms with E-state index in [9.17, 15) is 9.59 Å². The van der Waals surface area contributed by atoms with Gasteiger partial charge in [-0.25, -0.2) is 9.59 Å². The second-order valence-corrected chi connectivity index (χ2v) is 4.75. The first-order valence-electron chi connectivity index (χ1n) is 6.60. The Morgan fingerprint density at radius 1 is 0.955 bits per heavy atom. The summed E-state index contributed by atoms with van der Waals surface area (Å²) < 4.78 is 14.6. The van der Waals surface area contributed by atoms with Crippen LogP contribution in [0.15, 0.2) is 30.3 Å². The number of nitrogens with zero attached hydrogens (tertiary/aromatic N) is 1. The third-order valence-corrected chi connectivity index (χ3v) is 2.78. The van der Waals surface area contributed by atoms with Gasteiger partial charge in [0, 0.05) is 24.8 Å². The summed E-state index contributed by atoms with van der Waals surface area (Å²) in [4.78, 5) is 24.4. The molecular weight excluding hydrogens is 333 g/mol. The van der Waals surface area contributed by atoms with Crippen molar-refractivity contribution in [1.82, 2.24) is 4.90 Å². The van der Waals surface area contributed by atoms with E-state index in [2.05, 4.69) is 0 Å². The average molecular weight is 350 g/mol. The van der Waals surface area contributed by atoms with Gasteiger partial charge >= 0.3 is 12.2 Å². The number of alkyl halides is 2. The Bertz CT molecular complexity index is 452. The number of hydrogen-bond donors (Lipinski definition) is 0. The summed E-state index contributed by atoms with van der Waals surface area (Å²) in [5, 5.41) is 0. The van der Waals surface area contributed by atoms with Crippen molar-refractivity contribution in [3.8, 4) is 5.75 Å². The van der Waals surface area contributed by atoms with Gasteiger partial charge in [0.05, 0.1) is 0 Å². The molecule has 1 amide bonds. The summed E-state index contributed by atoms with van der Waals surface area (Å²) in [5.41, 5.74) is 0. The molecule has 1 rings (SSSR count). The van der Waals surface area contributed by atoms with Crippen molar-refractivity contribution >= 4 is 35.5 Å². The van der Waals surface area contributed by atoms with Crippen LogP contribution in [0.4, 0.5) is 9.59 Å². The summed E-state index contributed by atoms with van der Waals surface area (Å²) in [7, 11) is 0. The molecule has 0 aliphatic rings. The van der Waals surface area contributed by atoms with Gasteiger partial charge in [0.15, 0.2) is 0 Å². The molecule has 0 aromatic heterocycles. The van der Waals surface area contributed by atoms with E-state index in [0.717, 1.165) is 0 Å². The van der Waals surface area contributed by atoms with Crippen molar-refractivity contribution in [2.75, 3.05) is 38.1 Å². The minimum Gasteiger partial charge on any atom is -0.446 e. The third kappa shape index (κ3) is 7.38. The molecule has 122 valence electrons. The highest BCUT2D eigenvalue weighted by Gasteiger charge is 2.14. The normalized spacial score (nSPS) is 9.91. The van der Waals surface area contributed by atoms with Crippen molar-refractivity contribution in [3.63, 3.8) is 0 Å². The molecule has 22 heavy (non-hydrogen) atoms. The standard InChI is InChI=1S/C14H17Cl2NO5/c15-6-8-17(9-7-16)13(18)20-10-11-21-14(19)22-12-4-2-1-3-5-12/h1-5H,6-11H2. The van der Waals surface area contributed by atoms with Crippen LogP contribution in [0, 0.1) is 0 Å². The van der Waals surface area contributed by atoms with Crippen molar-refractivity contribution < 1.29 is 23.8 Å². The predicted octanol–water partition coefficient (Wildman–Crippen LogP) is 3.12. The minimum absolute atomic E-state index is 0.0796. The Balaban J connectivity index is 2.21. The van der Waals surface area contributed by atoms with Crippen LogP contribution >= 0.6 is 23.2 Å². The van der Waals surface area contributed by atoms with Gasteiger partial charge in [0.25, 0.3) is 0 Å². The fraction of sp³-hybridized carbons (Fsp3) is 0.429. The highest BCUT2D eigenvalue weighted by atomic mass is 35.5. The first-order chi connectivity index (χ1) is 10.7. The maximum atomic E-state index is 11.7. The predicted molar refractivity (Wildman–Crippen MR) is 82.8 cm³/mol. The smallest absolute Gasteiger partial charge is 0.446 e. The van der Waals surface area contributed by atoms with Gasteiger partial charge in [-0.1, -0.05) is 18.2 Å². The summed E-state index contributed by atoms with van der Waals surface area (Å²) in [5.74, 6) is 0.942. The number of rotatable bonds is 8. The molecule has 0 bridgehead atoms. The Morgan fingerprint density at radius 2 is 1.55 bits per heavy atom. The zero-order chi connectivity index (χ0) is 16.2. The molecule has 1 aromatic rings. The van der Waals surface area contributed by atoms with Gasteiger partial charge in [-0.2, -0.15) is 0 Å². The van der Waals surface area contributed by atoms with Gasteiger partial charge in [-0.05, 0) is 12.1 Å². The number of carbonyl (C=O) groups is 2. The zero-order valence-corrected chi connectivity index (χ0v) is 13.4. The van der Waals surface area contributed by atoms with Crippen molar-refractivity contribution in [1.29, 1.82) is 0 Å². The average Bonchev–Trinajstić information content (AvgIpc) is 2.52. The lowest BCUT2D eigenvalue weighted by Gasteiger charge is -2.19. The molecule has 0 spiro atoms. The van der Waals surface area contributed by atoms with Gasteiger partial charge in [0.1, 0.15) is 19.0 Å². The van der Waals surface area contributed by atoms with Crippen LogP contribution in [0.2, 0.25) is 0 Å². The molecule has 6 nitrogen and oxygen atoms in total. The van der Waals surface area contributed by atoms with E-state index < -0.39 is 12.2 Å². The van der Waals surface area contributed by atoms with Crippen LogP contribution in [0.3, 0.4) is 0 Å². The summed E-state index contributed by atoms with van der Waals surface area (Å²) in [6.45, 7) is 0.491. The number of carbonyl (C=O) groups excluding carboxylic acids is 2. The molecule has 0 atom stereocenters. The molecule has 0 N–H and O–H groups in total. The summed E-state index contributed by atoms with van der Waals surface area (Å²) >= 11 is 11.2. The van der Waals surface area contributed by atoms with Crippen LogP contribution in [-0.4, -0.2) is 55.2 Å². The van der Waals surface area contributed by atoms with Crippen LogP contribution in [-0.2, 0) is 9.47 Å². The van der Waals surface area contributed by atoms with Crippen molar-refractivity contribution in [3.05, 3.63) is 30.3 Å². The molecule has 0 saturated heterocycles. The van der Waals surface area contributed by atoms with Crippen LogP contribution < -0.4 is 4.74 Å². The Hall–Kier alpha value is -1.66. The van der Waals surface area contributed by atoms with Gasteiger partial charge < -0.3 is 19.1 Å². The van der Waals surface area contributed by atoms with E-state index in [4.69, 9.17) is 37.4 Å². The summed E-state index contributed by atoms with van der Waals surface area (Å²) in [6.07, 6.45) is -1.41. The molecule has 0 radical (unpaired) electrons. The number of benzene rings is 1. The molecule has 1 aromatic carbocycles. The molecule has 8 heteroatoms. The number of halogens is 2. The highest BCUT2D eigenvalue weighted by molar-refractivity contribution is 6.18. The van der Waals surface area contributed by atoms with E-state index in [1.165, 1.54) is 4.90 Å². The lowest BCUT2D eigenvalue weighted by Crippen LogP contribution is -2.35. The molecule has 0 saturated carbocycles. The lowest BCUT2D eigenvalue weighted by molar-refractivity contribution is 0.0580. The number of ether oxygens (including phenoxy) is 3. The van der Waals surface area contributed by atoms with Gasteiger partial charge in [-0.3, -0.25) is 0 Å². The highest BCUT2D eigenvalue weighted by Crippen LogP contribution is 2.09. The van der Waals surface area contributed by atoms with Crippen LogP contribution in [0.1, 0.15) is 0 Å². The molecule has 0 unspecified atom stereocenters. The van der Waals surface area contributed by atoms with Crippen molar-refractivity contribution in [2.45, 2.75) is 0 Å². The van der Waals surface area contributed by atoms with Crippen molar-refractivity contribution in [2.24, 2.45) is 0 Å². The zero-order valence-electron chi connectivity index (χ0n) is 11.9. The fourth-order valence-electron chi connectivity index (χ4n) is 1.46. The van der Waals surface area contributed by atoms with Gasteiger partial charge in [0.2, 0.25) is 0 Å². The Kier molecular flexibility index (Phi) is 9.18. The quantitative estimate of drug-likeness (QED) is 0.312. The first kappa shape index (κ1) is 18.4. The van der Waals surface area contributed by atoms with E-state index in [0.29, 0.717) is 18.8 Å². The number of hydrogen-bond acceptors (Lipinski definition) is 5. The Labute approximate surface area is 138 Å². The van der Waals surface area contributed by atoms with E-state index in [-0.39, 0.29) is 25.0 Å². The largest absolute Gasteiger partial charge is 0.513 e. The monoisotopic (exact) mass is 349 g/mol. The molecule has 0 aliphatic carbocycles. The topological polar surface area (TPSA) is 65.1 Å². The molecular formula is C14H17Cl2NO5. The van der Waals surface area contributed by atoms with Gasteiger partial charge in [-0.15, -0.1) is 23.2 Å². The maximum absolute atomic E-state index is 11.7. The Morgan fingerprint density at radius 3 is 2.14 bits per heavy atom. The fourth-order valence-corrected chi connectivity index (χ4v) is 1.87. The van der Waals surface area contributed by atoms with E-state index >= 15 is 0 Å². The summed E-state index contributed by atoms with van der Waals surface area (Å²) in [6, 6.07) is 8.50. The molecule has 0 heterocycles. The van der Waals surface area contributed by atoms with E-state index in [1.807, 2.05) is 0 Å². The third-order valence-electron chi connectivity index (χ3n) is 2.44.